The number of ether oxygens (including phenoxy) is 1. The van der Waals surface area contributed by atoms with Crippen molar-refractivity contribution in [2.24, 2.45) is 0 Å². The molecular formula is C21H22N4O3. The maximum Gasteiger partial charge on any atom is 0.287 e. The van der Waals surface area contributed by atoms with Crippen molar-refractivity contribution in [3.8, 4) is 5.75 Å². The van der Waals surface area contributed by atoms with Crippen molar-refractivity contribution in [2.45, 2.75) is 25.3 Å². The van der Waals surface area contributed by atoms with Crippen LogP contribution in [0.1, 0.15) is 39.5 Å². The van der Waals surface area contributed by atoms with Crippen LogP contribution in [0, 0.1) is 0 Å². The molecular weight excluding hydrogens is 356 g/mol. The first kappa shape index (κ1) is 18.0. The van der Waals surface area contributed by atoms with Crippen LogP contribution in [0.4, 0.5) is 0 Å². The summed E-state index contributed by atoms with van der Waals surface area (Å²) in [6, 6.07) is 13.4. The molecule has 0 aliphatic heterocycles. The number of carbonyl (C=O) groups excluding carboxylic acids is 2. The third kappa shape index (κ3) is 3.69. The van der Waals surface area contributed by atoms with Gasteiger partial charge >= 0.3 is 0 Å². The molecule has 1 fully saturated rings. The predicted molar refractivity (Wildman–Crippen MR) is 105 cm³/mol. The van der Waals surface area contributed by atoms with Gasteiger partial charge in [-0.25, -0.2) is 4.98 Å². The number of amides is 2. The van der Waals surface area contributed by atoms with E-state index in [0.717, 1.165) is 24.2 Å². The van der Waals surface area contributed by atoms with Gasteiger partial charge in [0.25, 0.3) is 11.8 Å². The summed E-state index contributed by atoms with van der Waals surface area (Å²) in [5.74, 6) is 0.474. The first-order chi connectivity index (χ1) is 13.7. The number of hydrogen-bond donors (Lipinski definition) is 2. The molecule has 28 heavy (non-hydrogen) atoms. The summed E-state index contributed by atoms with van der Waals surface area (Å²) in [6.45, 7) is 0.439. The second kappa shape index (κ2) is 7.72. The van der Waals surface area contributed by atoms with Gasteiger partial charge in [-0.15, -0.1) is 0 Å². The molecule has 1 aromatic carbocycles. The lowest BCUT2D eigenvalue weighted by Gasteiger charge is -2.08. The number of benzene rings is 1. The van der Waals surface area contributed by atoms with Crippen LogP contribution in [-0.2, 0) is 6.42 Å². The molecule has 3 aromatic rings. The number of fused-ring (bicyclic) bond motifs is 1. The maximum absolute atomic E-state index is 12.7. The summed E-state index contributed by atoms with van der Waals surface area (Å²) >= 11 is 0. The Bertz CT molecular complexity index is 1020. The molecule has 2 amide bonds. The molecule has 0 atom stereocenters. The molecule has 7 nitrogen and oxygen atoms in total. The zero-order chi connectivity index (χ0) is 19.5. The molecule has 1 aliphatic carbocycles. The Morgan fingerprint density at radius 2 is 1.93 bits per heavy atom. The van der Waals surface area contributed by atoms with Crippen LogP contribution in [0.15, 0.2) is 48.7 Å². The van der Waals surface area contributed by atoms with E-state index < -0.39 is 0 Å². The molecule has 144 valence electrons. The lowest BCUT2D eigenvalue weighted by molar-refractivity contribution is 0.0940. The molecule has 0 unspecified atom stereocenters. The highest BCUT2D eigenvalue weighted by Gasteiger charge is 2.27. The number of rotatable bonds is 7. The number of pyridine rings is 1. The highest BCUT2D eigenvalue weighted by molar-refractivity contribution is 6.02. The minimum absolute atomic E-state index is 0.224. The summed E-state index contributed by atoms with van der Waals surface area (Å²) in [5.41, 5.74) is 1.88. The Hall–Kier alpha value is -3.35. The Kier molecular flexibility index (Phi) is 4.97. The van der Waals surface area contributed by atoms with E-state index in [0.29, 0.717) is 18.5 Å². The van der Waals surface area contributed by atoms with E-state index in [9.17, 15) is 9.59 Å². The van der Waals surface area contributed by atoms with E-state index >= 15 is 0 Å². The SMILES string of the molecule is COc1ccccc1CCNC(=O)c1nc(C(=O)NC2CC2)n2ccccc12. The summed E-state index contributed by atoms with van der Waals surface area (Å²) < 4.78 is 7.00. The number of carbonyl (C=O) groups is 2. The van der Waals surface area contributed by atoms with E-state index in [1.807, 2.05) is 36.4 Å². The van der Waals surface area contributed by atoms with Crippen molar-refractivity contribution in [1.82, 2.24) is 20.0 Å². The third-order valence-corrected chi connectivity index (χ3v) is 4.75. The molecule has 0 bridgehead atoms. The lowest BCUT2D eigenvalue weighted by atomic mass is 10.1. The first-order valence-corrected chi connectivity index (χ1v) is 9.35. The van der Waals surface area contributed by atoms with Gasteiger partial charge in [0.2, 0.25) is 5.82 Å². The Labute approximate surface area is 162 Å². The van der Waals surface area contributed by atoms with Gasteiger partial charge in [0, 0.05) is 18.8 Å². The maximum atomic E-state index is 12.7. The number of nitrogens with zero attached hydrogens (tertiary/aromatic N) is 2. The fourth-order valence-electron chi connectivity index (χ4n) is 3.15. The lowest BCUT2D eigenvalue weighted by Crippen LogP contribution is -2.28. The standard InChI is InChI=1S/C21H22N4O3/c1-28-17-8-3-2-6-14(17)11-12-22-20(26)18-16-7-4-5-13-25(16)19(24-18)21(27)23-15-9-10-15/h2-8,13,15H,9-12H2,1H3,(H,22,26)(H,23,27). The zero-order valence-corrected chi connectivity index (χ0v) is 15.6. The normalized spacial score (nSPS) is 13.3. The van der Waals surface area contributed by atoms with Crippen molar-refractivity contribution in [3.63, 3.8) is 0 Å². The van der Waals surface area contributed by atoms with Crippen LogP contribution >= 0.6 is 0 Å². The number of aromatic nitrogens is 2. The zero-order valence-electron chi connectivity index (χ0n) is 15.6. The number of hydrogen-bond acceptors (Lipinski definition) is 4. The minimum atomic E-state index is -0.302. The monoisotopic (exact) mass is 378 g/mol. The van der Waals surface area contributed by atoms with Crippen LogP contribution in [0.2, 0.25) is 0 Å². The van der Waals surface area contributed by atoms with Crippen molar-refractivity contribution >= 4 is 17.3 Å². The van der Waals surface area contributed by atoms with Gasteiger partial charge < -0.3 is 15.4 Å². The van der Waals surface area contributed by atoms with E-state index in [4.69, 9.17) is 4.74 Å². The molecule has 7 heteroatoms. The Morgan fingerprint density at radius 1 is 1.14 bits per heavy atom. The molecule has 2 aromatic heterocycles. The number of methoxy groups -OCH3 is 1. The summed E-state index contributed by atoms with van der Waals surface area (Å²) in [5, 5.41) is 5.82. The molecule has 2 heterocycles. The average molecular weight is 378 g/mol. The number of para-hydroxylation sites is 1. The summed E-state index contributed by atoms with van der Waals surface area (Å²) in [6.07, 6.45) is 4.36. The molecule has 0 saturated heterocycles. The second-order valence-electron chi connectivity index (χ2n) is 6.81. The van der Waals surface area contributed by atoms with Crippen molar-refractivity contribution in [1.29, 1.82) is 0 Å². The molecule has 0 radical (unpaired) electrons. The smallest absolute Gasteiger partial charge is 0.287 e. The summed E-state index contributed by atoms with van der Waals surface area (Å²) in [7, 11) is 1.63. The second-order valence-corrected chi connectivity index (χ2v) is 6.81. The predicted octanol–water partition coefficient (Wildman–Crippen LogP) is 2.21. The largest absolute Gasteiger partial charge is 0.496 e. The van der Waals surface area contributed by atoms with Crippen LogP contribution < -0.4 is 15.4 Å². The van der Waals surface area contributed by atoms with Crippen molar-refractivity contribution in [3.05, 3.63) is 65.7 Å². The highest BCUT2D eigenvalue weighted by atomic mass is 16.5. The van der Waals surface area contributed by atoms with E-state index in [1.54, 1.807) is 23.8 Å². The fourth-order valence-corrected chi connectivity index (χ4v) is 3.15. The molecule has 0 spiro atoms. The van der Waals surface area contributed by atoms with E-state index in [2.05, 4.69) is 15.6 Å². The number of imidazole rings is 1. The molecule has 1 saturated carbocycles. The van der Waals surface area contributed by atoms with Crippen LogP contribution in [-0.4, -0.2) is 40.9 Å². The van der Waals surface area contributed by atoms with Gasteiger partial charge in [0.05, 0.1) is 12.6 Å². The summed E-state index contributed by atoms with van der Waals surface area (Å²) in [4.78, 5) is 29.5. The molecule has 4 rings (SSSR count). The fraction of sp³-hybridized carbons (Fsp3) is 0.286. The van der Waals surface area contributed by atoms with E-state index in [1.165, 1.54) is 0 Å². The highest BCUT2D eigenvalue weighted by Crippen LogP contribution is 2.20. The topological polar surface area (TPSA) is 84.7 Å². The number of nitrogens with one attached hydrogen (secondary N) is 2. The van der Waals surface area contributed by atoms with Gasteiger partial charge in [-0.2, -0.15) is 0 Å². The first-order valence-electron chi connectivity index (χ1n) is 9.35. The quantitative estimate of drug-likeness (QED) is 0.660. The Balaban J connectivity index is 1.50. The van der Waals surface area contributed by atoms with Crippen molar-refractivity contribution in [2.75, 3.05) is 13.7 Å². The van der Waals surface area contributed by atoms with Crippen LogP contribution in [0.5, 0.6) is 5.75 Å². The van der Waals surface area contributed by atoms with E-state index in [-0.39, 0.29) is 29.4 Å². The van der Waals surface area contributed by atoms with Gasteiger partial charge in [-0.1, -0.05) is 24.3 Å². The van der Waals surface area contributed by atoms with Crippen molar-refractivity contribution < 1.29 is 14.3 Å². The van der Waals surface area contributed by atoms with Gasteiger partial charge in [-0.05, 0) is 43.0 Å². The van der Waals surface area contributed by atoms with Gasteiger partial charge in [0.15, 0.2) is 5.69 Å². The molecule has 2 N–H and O–H groups in total. The van der Waals surface area contributed by atoms with Crippen LogP contribution in [0.25, 0.3) is 5.52 Å². The Morgan fingerprint density at radius 3 is 2.71 bits per heavy atom. The third-order valence-electron chi connectivity index (χ3n) is 4.75. The van der Waals surface area contributed by atoms with Gasteiger partial charge in [-0.3, -0.25) is 14.0 Å². The minimum Gasteiger partial charge on any atom is -0.496 e. The van der Waals surface area contributed by atoms with Gasteiger partial charge in [0.1, 0.15) is 5.75 Å². The molecule has 1 aliphatic rings. The van der Waals surface area contributed by atoms with Crippen LogP contribution in [0.3, 0.4) is 0 Å². The average Bonchev–Trinajstić information content (AvgIpc) is 3.44.